The minimum Gasteiger partial charge on any atom is -0.448 e. The van der Waals surface area contributed by atoms with Crippen LogP contribution in [0.3, 0.4) is 0 Å². The molecule has 4 heteroatoms. The van der Waals surface area contributed by atoms with E-state index in [-0.39, 0.29) is 12.5 Å². The lowest BCUT2D eigenvalue weighted by atomic mass is 9.98. The highest BCUT2D eigenvalue weighted by Crippen LogP contribution is 2.44. The van der Waals surface area contributed by atoms with Gasteiger partial charge >= 0.3 is 6.09 Å². The Labute approximate surface area is 151 Å². The molecule has 4 rings (SSSR count). The van der Waals surface area contributed by atoms with E-state index in [4.69, 9.17) is 11.2 Å². The number of ether oxygens (including phenoxy) is 1. The first kappa shape index (κ1) is 15.9. The van der Waals surface area contributed by atoms with Crippen LogP contribution in [0.15, 0.2) is 66.7 Å². The van der Waals surface area contributed by atoms with Crippen molar-refractivity contribution in [3.63, 3.8) is 0 Å². The number of carbonyl (C=O) groups excluding carboxylic acids is 1. The predicted molar refractivity (Wildman–Crippen MR) is 101 cm³/mol. The van der Waals surface area contributed by atoms with Gasteiger partial charge in [-0.2, -0.15) is 0 Å². The van der Waals surface area contributed by atoms with Gasteiger partial charge in [-0.15, -0.1) is 6.42 Å². The molecule has 3 aromatic rings. The van der Waals surface area contributed by atoms with Crippen molar-refractivity contribution in [3.05, 3.63) is 83.6 Å². The van der Waals surface area contributed by atoms with Gasteiger partial charge in [0.05, 0.1) is 0 Å². The average molecular weight is 340 g/mol. The highest BCUT2D eigenvalue weighted by atomic mass is 16.5. The molecule has 0 aliphatic heterocycles. The van der Waals surface area contributed by atoms with Crippen LogP contribution in [-0.4, -0.2) is 17.7 Å². The first-order valence-electron chi connectivity index (χ1n) is 8.32. The van der Waals surface area contributed by atoms with Crippen molar-refractivity contribution in [2.24, 2.45) is 0 Å². The molecule has 126 valence electrons. The fourth-order valence-corrected chi connectivity index (χ4v) is 3.32. The van der Waals surface area contributed by atoms with E-state index in [1.807, 2.05) is 24.3 Å². The monoisotopic (exact) mass is 340 g/mol. The summed E-state index contributed by atoms with van der Waals surface area (Å²) in [7, 11) is 0. The number of anilines is 1. The second kappa shape index (κ2) is 6.73. The molecule has 0 unspecified atom stereocenters. The summed E-state index contributed by atoms with van der Waals surface area (Å²) in [6, 6.07) is 21.5. The number of amides is 1. The largest absolute Gasteiger partial charge is 0.448 e. The van der Waals surface area contributed by atoms with Crippen molar-refractivity contribution in [1.29, 1.82) is 0 Å². The van der Waals surface area contributed by atoms with Crippen LogP contribution in [0.25, 0.3) is 11.1 Å². The van der Waals surface area contributed by atoms with E-state index < -0.39 is 6.09 Å². The maximum absolute atomic E-state index is 12.2. The van der Waals surface area contributed by atoms with Crippen molar-refractivity contribution in [1.82, 2.24) is 4.98 Å². The number of hydrogen-bond donors (Lipinski definition) is 1. The molecule has 0 fully saturated rings. The minimum absolute atomic E-state index is 0.0261. The normalized spacial score (nSPS) is 12.0. The number of benzene rings is 2. The summed E-state index contributed by atoms with van der Waals surface area (Å²) in [4.78, 5) is 16.3. The molecule has 0 atom stereocenters. The summed E-state index contributed by atoms with van der Waals surface area (Å²) in [6.07, 6.45) is 4.78. The van der Waals surface area contributed by atoms with Gasteiger partial charge < -0.3 is 4.74 Å². The van der Waals surface area contributed by atoms with Gasteiger partial charge in [0.25, 0.3) is 0 Å². The molecule has 1 N–H and O–H groups in total. The molecule has 0 saturated heterocycles. The first-order chi connectivity index (χ1) is 12.8. The van der Waals surface area contributed by atoms with Gasteiger partial charge in [0.1, 0.15) is 18.1 Å². The van der Waals surface area contributed by atoms with E-state index in [9.17, 15) is 4.79 Å². The predicted octanol–water partition coefficient (Wildman–Crippen LogP) is 4.42. The molecule has 1 amide bonds. The fraction of sp³-hybridized carbons (Fsp3) is 0.0909. The molecule has 0 radical (unpaired) electrons. The fourth-order valence-electron chi connectivity index (χ4n) is 3.32. The topological polar surface area (TPSA) is 51.2 Å². The quantitative estimate of drug-likeness (QED) is 0.718. The average Bonchev–Trinajstić information content (AvgIpc) is 3.00. The van der Waals surface area contributed by atoms with Gasteiger partial charge in [-0.25, -0.2) is 9.78 Å². The third-order valence-electron chi connectivity index (χ3n) is 4.47. The molecule has 0 bridgehead atoms. The maximum atomic E-state index is 12.2. The first-order valence-corrected chi connectivity index (χ1v) is 8.32. The molecule has 1 heterocycles. The number of pyridine rings is 1. The van der Waals surface area contributed by atoms with Crippen LogP contribution in [0.5, 0.6) is 0 Å². The Morgan fingerprint density at radius 2 is 1.65 bits per heavy atom. The number of fused-ring (bicyclic) bond motifs is 3. The lowest BCUT2D eigenvalue weighted by Gasteiger charge is -2.14. The Morgan fingerprint density at radius 3 is 2.31 bits per heavy atom. The molecular formula is C22H16N2O2. The standard InChI is InChI=1S/C22H16N2O2/c1-2-15-8-7-13-21(23-15)24-22(25)26-14-20-18-11-5-3-9-16(18)17-10-4-6-12-19(17)20/h1,3-13,20H,14H2,(H,23,24,25). The third-order valence-corrected chi connectivity index (χ3v) is 4.47. The van der Waals surface area contributed by atoms with Crippen molar-refractivity contribution in [2.75, 3.05) is 11.9 Å². The third kappa shape index (κ3) is 2.91. The smallest absolute Gasteiger partial charge is 0.412 e. The number of rotatable bonds is 3. The van der Waals surface area contributed by atoms with Gasteiger partial charge in [0.2, 0.25) is 0 Å². The van der Waals surface area contributed by atoms with Crippen molar-refractivity contribution in [3.8, 4) is 23.5 Å². The zero-order chi connectivity index (χ0) is 17.9. The molecule has 4 nitrogen and oxygen atoms in total. The lowest BCUT2D eigenvalue weighted by Crippen LogP contribution is -2.18. The highest BCUT2D eigenvalue weighted by Gasteiger charge is 2.28. The SMILES string of the molecule is C#Cc1cccc(NC(=O)OCC2c3ccccc3-c3ccccc32)n1. The van der Waals surface area contributed by atoms with Crippen LogP contribution in [0.2, 0.25) is 0 Å². The lowest BCUT2D eigenvalue weighted by molar-refractivity contribution is 0.158. The second-order valence-corrected chi connectivity index (χ2v) is 6.00. The molecule has 1 aromatic heterocycles. The van der Waals surface area contributed by atoms with Crippen LogP contribution in [0.1, 0.15) is 22.7 Å². The maximum Gasteiger partial charge on any atom is 0.412 e. The van der Waals surface area contributed by atoms with Crippen LogP contribution < -0.4 is 5.32 Å². The van der Waals surface area contributed by atoms with E-state index in [1.165, 1.54) is 22.3 Å². The van der Waals surface area contributed by atoms with E-state index >= 15 is 0 Å². The second-order valence-electron chi connectivity index (χ2n) is 6.00. The minimum atomic E-state index is -0.548. The van der Waals surface area contributed by atoms with Gasteiger partial charge in [-0.05, 0) is 34.4 Å². The van der Waals surface area contributed by atoms with Crippen molar-refractivity contribution < 1.29 is 9.53 Å². The Morgan fingerprint density at radius 1 is 1.00 bits per heavy atom. The Hall–Kier alpha value is -3.58. The van der Waals surface area contributed by atoms with Crippen molar-refractivity contribution in [2.45, 2.75) is 5.92 Å². The summed E-state index contributed by atoms with van der Waals surface area (Å²) in [6.45, 7) is 0.259. The van der Waals surface area contributed by atoms with Gasteiger partial charge in [-0.1, -0.05) is 60.5 Å². The Bertz CT molecular complexity index is 975. The van der Waals surface area contributed by atoms with E-state index in [1.54, 1.807) is 18.2 Å². The zero-order valence-electron chi connectivity index (χ0n) is 14.0. The summed E-state index contributed by atoms with van der Waals surface area (Å²) in [5.74, 6) is 2.84. The van der Waals surface area contributed by atoms with Gasteiger partial charge in [0, 0.05) is 5.92 Å². The summed E-state index contributed by atoms with van der Waals surface area (Å²) in [5.41, 5.74) is 5.20. The van der Waals surface area contributed by atoms with E-state index in [0.717, 1.165) is 0 Å². The van der Waals surface area contributed by atoms with E-state index in [0.29, 0.717) is 11.5 Å². The van der Waals surface area contributed by atoms with Gasteiger partial charge in [0.15, 0.2) is 0 Å². The van der Waals surface area contributed by atoms with Crippen LogP contribution in [-0.2, 0) is 4.74 Å². The summed E-state index contributed by atoms with van der Waals surface area (Å²) >= 11 is 0. The molecule has 1 aliphatic carbocycles. The van der Waals surface area contributed by atoms with Crippen molar-refractivity contribution >= 4 is 11.9 Å². The van der Waals surface area contributed by atoms with Gasteiger partial charge in [-0.3, -0.25) is 5.32 Å². The molecule has 1 aliphatic rings. The molecule has 2 aromatic carbocycles. The Kier molecular flexibility index (Phi) is 4.12. The summed E-state index contributed by atoms with van der Waals surface area (Å²) in [5, 5.41) is 2.62. The van der Waals surface area contributed by atoms with Crippen LogP contribution >= 0.6 is 0 Å². The number of hydrogen-bond acceptors (Lipinski definition) is 3. The molecule has 26 heavy (non-hydrogen) atoms. The molecular weight excluding hydrogens is 324 g/mol. The molecule has 0 saturated carbocycles. The highest BCUT2D eigenvalue weighted by molar-refractivity contribution is 5.84. The Balaban J connectivity index is 1.49. The zero-order valence-corrected chi connectivity index (χ0v) is 14.0. The van der Waals surface area contributed by atoms with E-state index in [2.05, 4.69) is 40.5 Å². The number of aromatic nitrogens is 1. The summed E-state index contributed by atoms with van der Waals surface area (Å²) < 4.78 is 5.48. The molecule has 0 spiro atoms. The number of carbonyl (C=O) groups is 1. The number of nitrogens with zero attached hydrogens (tertiary/aromatic N) is 1. The van der Waals surface area contributed by atoms with Crippen LogP contribution in [0.4, 0.5) is 10.6 Å². The number of terminal acetylenes is 1. The van der Waals surface area contributed by atoms with Crippen LogP contribution in [0, 0.1) is 12.3 Å². The number of nitrogens with one attached hydrogen (secondary N) is 1.